The van der Waals surface area contributed by atoms with Gasteiger partial charge >= 0.3 is 6.01 Å². The number of nitrogens with one attached hydrogen (secondary N) is 1. The molecule has 3 aromatic rings. The van der Waals surface area contributed by atoms with Gasteiger partial charge in [-0.05, 0) is 30.3 Å². The smallest absolute Gasteiger partial charge is 0.321 e. The molecule has 1 N–H and O–H groups in total. The summed E-state index contributed by atoms with van der Waals surface area (Å²) in [5.74, 6) is -1.67. The molecule has 2 amide bonds. The van der Waals surface area contributed by atoms with Gasteiger partial charge in [0.2, 0.25) is 5.88 Å². The fourth-order valence-electron chi connectivity index (χ4n) is 3.28. The number of fused-ring (bicyclic) bond motifs is 1. The average molecular weight is 485 g/mol. The van der Waals surface area contributed by atoms with Crippen molar-refractivity contribution in [2.24, 2.45) is 0 Å². The van der Waals surface area contributed by atoms with Crippen LogP contribution in [0.15, 0.2) is 53.4 Å². The standard InChI is InChI=1S/C20H15N5O8S/c1-32-16-10-15(21-20(22-16)33-2)23-34(30,31)12-8-6-11(7-9-12)24-18(26)13-4-3-5-14(25(28)29)17(13)19(24)27/h3-10H,1-2H3,(H,21,22,23). The van der Waals surface area contributed by atoms with Crippen molar-refractivity contribution >= 4 is 39.0 Å². The molecule has 0 saturated heterocycles. The summed E-state index contributed by atoms with van der Waals surface area (Å²) in [6.07, 6.45) is 0. The Labute approximate surface area is 192 Å². The van der Waals surface area contributed by atoms with Crippen molar-refractivity contribution in [2.75, 3.05) is 23.8 Å². The van der Waals surface area contributed by atoms with Crippen LogP contribution in [-0.4, -0.2) is 49.3 Å². The number of amides is 2. The van der Waals surface area contributed by atoms with Gasteiger partial charge in [-0.25, -0.2) is 13.3 Å². The lowest BCUT2D eigenvalue weighted by Crippen LogP contribution is -2.29. The Balaban J connectivity index is 1.63. The minimum atomic E-state index is -4.13. The number of nitro groups is 1. The number of nitrogens with zero attached hydrogens (tertiary/aromatic N) is 4. The van der Waals surface area contributed by atoms with E-state index >= 15 is 0 Å². The largest absolute Gasteiger partial charge is 0.481 e. The first-order valence-corrected chi connectivity index (χ1v) is 10.9. The highest BCUT2D eigenvalue weighted by Gasteiger charge is 2.41. The summed E-state index contributed by atoms with van der Waals surface area (Å²) < 4.78 is 37.7. The van der Waals surface area contributed by atoms with Gasteiger partial charge in [0.1, 0.15) is 5.56 Å². The SMILES string of the molecule is COc1cc(NS(=O)(=O)c2ccc(N3C(=O)c4cccc([N+](=O)[O-])c4C3=O)cc2)nc(OC)n1. The highest BCUT2D eigenvalue weighted by Crippen LogP contribution is 2.34. The molecule has 1 aliphatic heterocycles. The summed E-state index contributed by atoms with van der Waals surface area (Å²) in [7, 11) is -1.49. The van der Waals surface area contributed by atoms with Gasteiger partial charge in [-0.2, -0.15) is 9.97 Å². The maximum atomic E-state index is 12.8. The fourth-order valence-corrected chi connectivity index (χ4v) is 4.27. The maximum absolute atomic E-state index is 12.8. The van der Waals surface area contributed by atoms with Crippen LogP contribution >= 0.6 is 0 Å². The minimum absolute atomic E-state index is 0.0461. The van der Waals surface area contributed by atoms with Crippen LogP contribution in [0.25, 0.3) is 0 Å². The quantitative estimate of drug-likeness (QED) is 0.296. The molecule has 4 rings (SSSR count). The molecule has 0 saturated carbocycles. The Hall–Kier alpha value is -4.59. The van der Waals surface area contributed by atoms with Crippen molar-refractivity contribution in [3.63, 3.8) is 0 Å². The summed E-state index contributed by atoms with van der Waals surface area (Å²) in [6, 6.07) is 9.71. The highest BCUT2D eigenvalue weighted by molar-refractivity contribution is 7.92. The number of carbonyl (C=O) groups is 2. The van der Waals surface area contributed by atoms with Crippen LogP contribution in [0.4, 0.5) is 17.2 Å². The number of imide groups is 1. The summed E-state index contributed by atoms with van der Waals surface area (Å²) in [4.78, 5) is 44.4. The van der Waals surface area contributed by atoms with E-state index in [0.29, 0.717) is 0 Å². The van der Waals surface area contributed by atoms with Crippen LogP contribution in [0.5, 0.6) is 11.9 Å². The predicted octanol–water partition coefficient (Wildman–Crippen LogP) is 2.00. The molecular formula is C20H15N5O8S. The molecule has 174 valence electrons. The second-order valence-corrected chi connectivity index (χ2v) is 8.47. The van der Waals surface area contributed by atoms with Gasteiger partial charge in [0.15, 0.2) is 5.82 Å². The number of sulfonamides is 1. The molecule has 1 aromatic heterocycles. The number of hydrogen-bond donors (Lipinski definition) is 1. The van der Waals surface area contributed by atoms with E-state index in [1.807, 2.05) is 0 Å². The van der Waals surface area contributed by atoms with Gasteiger partial charge < -0.3 is 9.47 Å². The zero-order valence-electron chi connectivity index (χ0n) is 17.6. The van der Waals surface area contributed by atoms with Gasteiger partial charge in [-0.3, -0.25) is 24.4 Å². The number of hydrogen-bond acceptors (Lipinski definition) is 10. The molecule has 0 radical (unpaired) electrons. The molecule has 0 fully saturated rings. The lowest BCUT2D eigenvalue weighted by atomic mass is 10.1. The van der Waals surface area contributed by atoms with E-state index in [4.69, 9.17) is 9.47 Å². The molecule has 0 atom stereocenters. The van der Waals surface area contributed by atoms with Crippen LogP contribution in [0.2, 0.25) is 0 Å². The zero-order chi connectivity index (χ0) is 24.6. The van der Waals surface area contributed by atoms with Crippen molar-refractivity contribution in [1.82, 2.24) is 9.97 Å². The molecule has 0 spiro atoms. The molecule has 13 nitrogen and oxygen atoms in total. The number of anilines is 2. The highest BCUT2D eigenvalue weighted by atomic mass is 32.2. The molecule has 1 aliphatic rings. The maximum Gasteiger partial charge on any atom is 0.321 e. The Morgan fingerprint density at radius 2 is 1.71 bits per heavy atom. The van der Waals surface area contributed by atoms with Crippen molar-refractivity contribution in [2.45, 2.75) is 4.90 Å². The Kier molecular flexibility index (Phi) is 5.58. The van der Waals surface area contributed by atoms with E-state index in [1.165, 1.54) is 56.7 Å². The zero-order valence-corrected chi connectivity index (χ0v) is 18.4. The van der Waals surface area contributed by atoms with Crippen molar-refractivity contribution < 1.29 is 32.4 Å². The number of rotatable bonds is 7. The third kappa shape index (κ3) is 3.86. The topological polar surface area (TPSA) is 171 Å². The monoisotopic (exact) mass is 485 g/mol. The van der Waals surface area contributed by atoms with E-state index in [-0.39, 0.29) is 39.4 Å². The Morgan fingerprint density at radius 3 is 2.32 bits per heavy atom. The molecule has 0 aliphatic carbocycles. The second kappa shape index (κ2) is 8.40. The van der Waals surface area contributed by atoms with Crippen LogP contribution in [0.3, 0.4) is 0 Å². The van der Waals surface area contributed by atoms with Crippen LogP contribution in [0.1, 0.15) is 20.7 Å². The van der Waals surface area contributed by atoms with E-state index in [1.54, 1.807) is 0 Å². The molecule has 14 heteroatoms. The van der Waals surface area contributed by atoms with Crippen molar-refractivity contribution in [3.8, 4) is 11.9 Å². The lowest BCUT2D eigenvalue weighted by Gasteiger charge is -2.15. The van der Waals surface area contributed by atoms with Gasteiger partial charge in [0, 0.05) is 12.1 Å². The van der Waals surface area contributed by atoms with E-state index in [9.17, 15) is 28.1 Å². The Morgan fingerprint density at radius 1 is 1.00 bits per heavy atom. The minimum Gasteiger partial charge on any atom is -0.481 e. The molecule has 34 heavy (non-hydrogen) atoms. The average Bonchev–Trinajstić information content (AvgIpc) is 3.08. The number of carbonyl (C=O) groups excluding carboxylic acids is 2. The van der Waals surface area contributed by atoms with Crippen molar-refractivity contribution in [3.05, 3.63) is 69.8 Å². The number of nitro benzene ring substituents is 1. The van der Waals surface area contributed by atoms with Crippen LogP contribution in [-0.2, 0) is 10.0 Å². The van der Waals surface area contributed by atoms with Gasteiger partial charge in [-0.1, -0.05) is 6.07 Å². The second-order valence-electron chi connectivity index (χ2n) is 6.78. The lowest BCUT2D eigenvalue weighted by molar-refractivity contribution is -0.385. The molecule has 2 heterocycles. The van der Waals surface area contributed by atoms with Gasteiger partial charge in [0.05, 0.1) is 35.3 Å². The van der Waals surface area contributed by atoms with Gasteiger partial charge in [-0.15, -0.1) is 0 Å². The first-order chi connectivity index (χ1) is 16.2. The van der Waals surface area contributed by atoms with E-state index in [0.717, 1.165) is 11.0 Å². The van der Waals surface area contributed by atoms with Crippen LogP contribution < -0.4 is 19.1 Å². The van der Waals surface area contributed by atoms with Crippen molar-refractivity contribution in [1.29, 1.82) is 0 Å². The summed E-state index contributed by atoms with van der Waals surface area (Å²) >= 11 is 0. The molecule has 0 unspecified atom stereocenters. The first-order valence-electron chi connectivity index (χ1n) is 9.42. The third-order valence-corrected chi connectivity index (χ3v) is 6.18. The molecular weight excluding hydrogens is 470 g/mol. The van der Waals surface area contributed by atoms with Gasteiger partial charge in [0.25, 0.3) is 27.5 Å². The van der Waals surface area contributed by atoms with Crippen LogP contribution in [0, 0.1) is 10.1 Å². The predicted molar refractivity (Wildman–Crippen MR) is 117 cm³/mol. The Bertz CT molecular complexity index is 1420. The third-order valence-electron chi connectivity index (χ3n) is 4.81. The van der Waals surface area contributed by atoms with E-state index in [2.05, 4.69) is 14.7 Å². The number of aromatic nitrogens is 2. The molecule has 2 aromatic carbocycles. The summed E-state index contributed by atoms with van der Waals surface area (Å²) in [5.41, 5.74) is -0.867. The number of ether oxygens (including phenoxy) is 2. The summed E-state index contributed by atoms with van der Waals surface area (Å²) in [6.45, 7) is 0. The summed E-state index contributed by atoms with van der Waals surface area (Å²) in [5, 5.41) is 11.3. The fraction of sp³-hybridized carbons (Fsp3) is 0.100. The number of methoxy groups -OCH3 is 2. The number of benzene rings is 2. The van der Waals surface area contributed by atoms with E-state index < -0.39 is 32.4 Å². The normalized spacial score (nSPS) is 12.9. The first kappa shape index (κ1) is 22.6. The molecule has 0 bridgehead atoms.